The van der Waals surface area contributed by atoms with Crippen LogP contribution in [-0.4, -0.2) is 29.6 Å². The maximum atomic E-state index is 13.2. The van der Waals surface area contributed by atoms with Gasteiger partial charge in [0.2, 0.25) is 0 Å². The molecule has 2 aromatic heterocycles. The average molecular weight is 448 g/mol. The van der Waals surface area contributed by atoms with Crippen molar-refractivity contribution in [3.05, 3.63) is 78.1 Å². The van der Waals surface area contributed by atoms with Crippen LogP contribution in [0.4, 0.5) is 5.13 Å². The van der Waals surface area contributed by atoms with Crippen LogP contribution in [-0.2, 0) is 11.3 Å². The number of aromatic nitrogens is 2. The first kappa shape index (κ1) is 21.8. The number of hydrogen-bond donors (Lipinski definition) is 0. The van der Waals surface area contributed by atoms with E-state index in [1.807, 2.05) is 60.7 Å². The molecule has 4 aromatic rings. The molecule has 7 heteroatoms. The molecule has 2 aromatic carbocycles. The normalized spacial score (nSPS) is 11.0. The topological polar surface area (TPSA) is 64.5 Å². The first-order valence-corrected chi connectivity index (χ1v) is 11.2. The summed E-state index contributed by atoms with van der Waals surface area (Å²) in [6, 6.07) is 19.2. The zero-order chi connectivity index (χ0) is 22.5. The van der Waals surface area contributed by atoms with Gasteiger partial charge in [-0.2, -0.15) is 0 Å². The summed E-state index contributed by atoms with van der Waals surface area (Å²) < 4.78 is 12.1. The van der Waals surface area contributed by atoms with Gasteiger partial charge < -0.3 is 9.47 Å². The van der Waals surface area contributed by atoms with Crippen molar-refractivity contribution in [3.8, 4) is 11.5 Å². The largest absolute Gasteiger partial charge is 0.497 e. The van der Waals surface area contributed by atoms with Crippen molar-refractivity contribution in [3.63, 3.8) is 0 Å². The van der Waals surface area contributed by atoms with E-state index in [9.17, 15) is 4.79 Å². The molecule has 2 heterocycles. The van der Waals surface area contributed by atoms with Crippen LogP contribution < -0.4 is 14.4 Å². The highest BCUT2D eigenvalue weighted by atomic mass is 32.1. The first-order valence-electron chi connectivity index (χ1n) is 10.4. The number of hydrogen-bond acceptors (Lipinski definition) is 6. The first-order chi connectivity index (χ1) is 15.5. The van der Waals surface area contributed by atoms with Crippen LogP contribution in [0.1, 0.15) is 31.0 Å². The van der Waals surface area contributed by atoms with Crippen LogP contribution in [0.3, 0.4) is 0 Å². The van der Waals surface area contributed by atoms with Crippen molar-refractivity contribution in [2.75, 3.05) is 18.6 Å². The van der Waals surface area contributed by atoms with E-state index in [1.165, 1.54) is 16.9 Å². The van der Waals surface area contributed by atoms with Gasteiger partial charge in [-0.3, -0.25) is 14.7 Å². The number of anilines is 1. The maximum Gasteiger partial charge on any atom is 0.267 e. The monoisotopic (exact) mass is 447 g/mol. The highest BCUT2D eigenvalue weighted by Crippen LogP contribution is 2.32. The van der Waals surface area contributed by atoms with Gasteiger partial charge in [0.15, 0.2) is 11.7 Å². The van der Waals surface area contributed by atoms with Gasteiger partial charge in [0.05, 0.1) is 29.6 Å². The summed E-state index contributed by atoms with van der Waals surface area (Å²) in [6.07, 6.45) is 1.72. The van der Waals surface area contributed by atoms with Gasteiger partial charge >= 0.3 is 0 Å². The Morgan fingerprint density at radius 3 is 2.53 bits per heavy atom. The van der Waals surface area contributed by atoms with E-state index in [2.05, 4.69) is 23.8 Å². The molecule has 0 atom stereocenters. The lowest BCUT2D eigenvalue weighted by molar-refractivity contribution is -0.120. The zero-order valence-corrected chi connectivity index (χ0v) is 19.1. The highest BCUT2D eigenvalue weighted by molar-refractivity contribution is 7.22. The molecule has 1 amide bonds. The predicted octanol–water partition coefficient (Wildman–Crippen LogP) is 5.44. The minimum atomic E-state index is -0.186. The number of carbonyl (C=O) groups excluding carboxylic acids is 1. The summed E-state index contributed by atoms with van der Waals surface area (Å²) in [4.78, 5) is 23.9. The van der Waals surface area contributed by atoms with Crippen LogP contribution >= 0.6 is 11.3 Å². The second kappa shape index (κ2) is 9.78. The molecule has 0 saturated heterocycles. The molecule has 0 fully saturated rings. The van der Waals surface area contributed by atoms with Gasteiger partial charge in [-0.15, -0.1) is 0 Å². The third-order valence-corrected chi connectivity index (χ3v) is 6.13. The second-order valence-electron chi connectivity index (χ2n) is 7.64. The molecule has 32 heavy (non-hydrogen) atoms. The number of amides is 1. The predicted molar refractivity (Wildman–Crippen MR) is 128 cm³/mol. The minimum Gasteiger partial charge on any atom is -0.497 e. The summed E-state index contributed by atoms with van der Waals surface area (Å²) in [7, 11) is 1.62. The van der Waals surface area contributed by atoms with Crippen molar-refractivity contribution in [1.82, 2.24) is 9.97 Å². The molecule has 164 valence electrons. The number of thiazole rings is 1. The average Bonchev–Trinajstić information content (AvgIpc) is 3.24. The number of methoxy groups -OCH3 is 1. The standard InChI is InChI=1S/C25H25N3O3S/c1-17(2)18-7-9-20(10-8-18)31-16-24(29)28(15-19-6-4-5-13-26-19)25-27-22-14-21(30-3)11-12-23(22)32-25/h4-14,17H,15-16H2,1-3H3. The van der Waals surface area contributed by atoms with Gasteiger partial charge in [0, 0.05) is 12.3 Å². The fraction of sp³-hybridized carbons (Fsp3) is 0.240. The fourth-order valence-electron chi connectivity index (χ4n) is 3.23. The summed E-state index contributed by atoms with van der Waals surface area (Å²) in [5, 5.41) is 0.600. The minimum absolute atomic E-state index is 0.0902. The number of benzene rings is 2. The molecule has 0 spiro atoms. The van der Waals surface area contributed by atoms with E-state index in [4.69, 9.17) is 9.47 Å². The highest BCUT2D eigenvalue weighted by Gasteiger charge is 2.21. The zero-order valence-electron chi connectivity index (χ0n) is 18.3. The lowest BCUT2D eigenvalue weighted by Gasteiger charge is -2.20. The number of ether oxygens (including phenoxy) is 2. The third-order valence-electron chi connectivity index (χ3n) is 5.07. The van der Waals surface area contributed by atoms with Crippen molar-refractivity contribution < 1.29 is 14.3 Å². The number of carbonyl (C=O) groups is 1. The molecule has 0 unspecified atom stereocenters. The Balaban J connectivity index is 1.56. The molecule has 4 rings (SSSR count). The van der Waals surface area contributed by atoms with Crippen molar-refractivity contribution in [2.24, 2.45) is 0 Å². The molecule has 0 aliphatic carbocycles. The van der Waals surface area contributed by atoms with Crippen molar-refractivity contribution in [1.29, 1.82) is 0 Å². The Labute approximate surface area is 191 Å². The number of rotatable bonds is 8. The molecule has 0 saturated carbocycles. The van der Waals surface area contributed by atoms with Gasteiger partial charge in [-0.1, -0.05) is 43.4 Å². The number of fused-ring (bicyclic) bond motifs is 1. The van der Waals surface area contributed by atoms with Gasteiger partial charge in [0.1, 0.15) is 11.5 Å². The van der Waals surface area contributed by atoms with E-state index >= 15 is 0 Å². The summed E-state index contributed by atoms with van der Waals surface area (Å²) in [5.41, 5.74) is 2.79. The third kappa shape index (κ3) is 5.06. The Morgan fingerprint density at radius 2 is 1.84 bits per heavy atom. The second-order valence-corrected chi connectivity index (χ2v) is 8.65. The summed E-state index contributed by atoms with van der Waals surface area (Å²) >= 11 is 1.45. The van der Waals surface area contributed by atoms with Crippen molar-refractivity contribution >= 4 is 32.6 Å². The Hall–Kier alpha value is -3.45. The van der Waals surface area contributed by atoms with Crippen molar-refractivity contribution in [2.45, 2.75) is 26.3 Å². The van der Waals surface area contributed by atoms with Crippen LogP contribution in [0.2, 0.25) is 0 Å². The van der Waals surface area contributed by atoms with Gasteiger partial charge in [0.25, 0.3) is 5.91 Å². The summed E-state index contributed by atoms with van der Waals surface area (Å²) in [5.74, 6) is 1.64. The van der Waals surface area contributed by atoms with E-state index < -0.39 is 0 Å². The Kier molecular flexibility index (Phi) is 6.66. The summed E-state index contributed by atoms with van der Waals surface area (Å²) in [6.45, 7) is 4.50. The van der Waals surface area contributed by atoms with E-state index in [1.54, 1.807) is 18.2 Å². The number of nitrogens with zero attached hydrogens (tertiary/aromatic N) is 3. The maximum absolute atomic E-state index is 13.2. The Morgan fingerprint density at radius 1 is 1.06 bits per heavy atom. The van der Waals surface area contributed by atoms with Gasteiger partial charge in [-0.25, -0.2) is 4.98 Å². The molecule has 0 N–H and O–H groups in total. The van der Waals surface area contributed by atoms with Crippen LogP contribution in [0.25, 0.3) is 10.2 Å². The molecule has 0 aliphatic heterocycles. The Bertz CT molecular complexity index is 1190. The smallest absolute Gasteiger partial charge is 0.267 e. The fourth-order valence-corrected chi connectivity index (χ4v) is 4.19. The van der Waals surface area contributed by atoms with E-state index in [0.717, 1.165) is 21.7 Å². The van der Waals surface area contributed by atoms with Crippen LogP contribution in [0, 0.1) is 0 Å². The molecular formula is C25H25N3O3S. The lowest BCUT2D eigenvalue weighted by atomic mass is 10.0. The molecule has 0 bridgehead atoms. The quantitative estimate of drug-likeness (QED) is 0.360. The van der Waals surface area contributed by atoms with Crippen LogP contribution in [0.5, 0.6) is 11.5 Å². The molecule has 0 radical (unpaired) electrons. The van der Waals surface area contributed by atoms with Crippen LogP contribution in [0.15, 0.2) is 66.9 Å². The number of pyridine rings is 1. The molecule has 0 aliphatic rings. The van der Waals surface area contributed by atoms with Gasteiger partial charge in [-0.05, 0) is 47.9 Å². The SMILES string of the molecule is COc1ccc2sc(N(Cc3ccccn3)C(=O)COc3ccc(C(C)C)cc3)nc2c1. The lowest BCUT2D eigenvalue weighted by Crippen LogP contribution is -2.34. The van der Waals surface area contributed by atoms with E-state index in [0.29, 0.717) is 23.3 Å². The molecule has 6 nitrogen and oxygen atoms in total. The molecular weight excluding hydrogens is 422 g/mol. The van der Waals surface area contributed by atoms with E-state index in [-0.39, 0.29) is 12.5 Å².